The van der Waals surface area contributed by atoms with Crippen LogP contribution >= 0.6 is 0 Å². The lowest BCUT2D eigenvalue weighted by Gasteiger charge is -2.23. The minimum atomic E-state index is -0.567. The number of aromatic nitrogens is 3. The van der Waals surface area contributed by atoms with Gasteiger partial charge in [0, 0.05) is 37.3 Å². The molecule has 2 amide bonds. The highest BCUT2D eigenvalue weighted by Gasteiger charge is 2.18. The van der Waals surface area contributed by atoms with Crippen LogP contribution in [-0.4, -0.2) is 33.7 Å². The molecular weight excluding hydrogens is 399 g/mol. The lowest BCUT2D eigenvalue weighted by Crippen LogP contribution is -2.39. The summed E-state index contributed by atoms with van der Waals surface area (Å²) in [7, 11) is 3.33. The largest absolute Gasteiger partial charge is 0.357 e. The summed E-state index contributed by atoms with van der Waals surface area (Å²) in [6.45, 7) is 0. The van der Waals surface area contributed by atoms with Crippen molar-refractivity contribution in [3.63, 3.8) is 0 Å². The second-order valence-electron chi connectivity index (χ2n) is 7.77. The van der Waals surface area contributed by atoms with Gasteiger partial charge in [-0.25, -0.2) is 14.2 Å². The number of hydrogen-bond donors (Lipinski definition) is 3. The summed E-state index contributed by atoms with van der Waals surface area (Å²) in [6, 6.07) is 5.58. The van der Waals surface area contributed by atoms with Crippen molar-refractivity contribution in [3.05, 3.63) is 46.6 Å². The van der Waals surface area contributed by atoms with Crippen LogP contribution in [0.15, 0.2) is 35.3 Å². The summed E-state index contributed by atoms with van der Waals surface area (Å²) in [5.41, 5.74) is 1.09. The van der Waals surface area contributed by atoms with Gasteiger partial charge in [0.15, 0.2) is 0 Å². The Bertz CT molecular complexity index is 1190. The zero-order valence-corrected chi connectivity index (χ0v) is 17.5. The normalized spacial score (nSPS) is 14.4. The number of halogens is 1. The van der Waals surface area contributed by atoms with E-state index in [9.17, 15) is 14.0 Å². The maximum absolute atomic E-state index is 14.4. The number of amides is 2. The van der Waals surface area contributed by atoms with E-state index >= 15 is 0 Å². The fourth-order valence-corrected chi connectivity index (χ4v) is 3.95. The fraction of sp³-hybridized carbons (Fsp3) is 0.364. The number of nitrogens with one attached hydrogen (secondary N) is 3. The average Bonchev–Trinajstić information content (AvgIpc) is 2.78. The number of rotatable bonds is 4. The number of benzene rings is 1. The van der Waals surface area contributed by atoms with E-state index in [-0.39, 0.29) is 17.3 Å². The van der Waals surface area contributed by atoms with E-state index in [1.54, 1.807) is 26.4 Å². The van der Waals surface area contributed by atoms with Gasteiger partial charge in [0.25, 0.3) is 5.56 Å². The highest BCUT2D eigenvalue weighted by Crippen LogP contribution is 2.25. The van der Waals surface area contributed by atoms with E-state index < -0.39 is 11.8 Å². The lowest BCUT2D eigenvalue weighted by molar-refractivity contribution is 0.244. The number of carbonyl (C=O) groups excluding carboxylic acids is 1. The number of anilines is 2. The van der Waals surface area contributed by atoms with Gasteiger partial charge >= 0.3 is 6.03 Å². The molecule has 0 saturated heterocycles. The van der Waals surface area contributed by atoms with Crippen molar-refractivity contribution >= 4 is 28.7 Å². The van der Waals surface area contributed by atoms with Crippen LogP contribution in [0.5, 0.6) is 0 Å². The van der Waals surface area contributed by atoms with Gasteiger partial charge in [-0.15, -0.1) is 0 Å². The average molecular weight is 424 g/mol. The van der Waals surface area contributed by atoms with Crippen LogP contribution in [0.2, 0.25) is 0 Å². The molecule has 31 heavy (non-hydrogen) atoms. The molecule has 3 aromatic rings. The lowest BCUT2D eigenvalue weighted by atomic mass is 9.96. The number of aryl methyl sites for hydroxylation is 1. The van der Waals surface area contributed by atoms with Crippen molar-refractivity contribution in [1.82, 2.24) is 19.9 Å². The zero-order chi connectivity index (χ0) is 22.0. The topological polar surface area (TPSA) is 101 Å². The Morgan fingerprint density at radius 2 is 1.97 bits per heavy atom. The van der Waals surface area contributed by atoms with Gasteiger partial charge in [-0.1, -0.05) is 25.3 Å². The van der Waals surface area contributed by atoms with Crippen molar-refractivity contribution in [1.29, 1.82) is 0 Å². The monoisotopic (exact) mass is 424 g/mol. The number of fused-ring (bicyclic) bond motifs is 1. The molecule has 162 valence electrons. The standard InChI is InChI=1S/C22H25FN6O2/c1-24-21-25-12-14-10-16(20(30)29(2)19(14)28-21)13-8-9-17(23)18(11-13)27-22(31)26-15-6-4-3-5-7-15/h8-12,15H,3-7H2,1-2H3,(H,24,25,28)(H2,26,27,31). The van der Waals surface area contributed by atoms with E-state index in [0.717, 1.165) is 25.7 Å². The molecule has 0 radical (unpaired) electrons. The van der Waals surface area contributed by atoms with E-state index in [4.69, 9.17) is 0 Å². The molecule has 1 saturated carbocycles. The van der Waals surface area contributed by atoms with Crippen LogP contribution in [0.1, 0.15) is 32.1 Å². The molecule has 0 bridgehead atoms. The van der Waals surface area contributed by atoms with Gasteiger partial charge in [-0.3, -0.25) is 9.36 Å². The van der Waals surface area contributed by atoms with Crippen LogP contribution in [0, 0.1) is 5.82 Å². The fourth-order valence-electron chi connectivity index (χ4n) is 3.95. The third-order valence-electron chi connectivity index (χ3n) is 5.64. The molecule has 9 heteroatoms. The van der Waals surface area contributed by atoms with Crippen LogP contribution in [0.25, 0.3) is 22.2 Å². The van der Waals surface area contributed by atoms with Crippen LogP contribution in [0.3, 0.4) is 0 Å². The third kappa shape index (κ3) is 4.35. The first-order chi connectivity index (χ1) is 15.0. The smallest absolute Gasteiger partial charge is 0.319 e. The first-order valence-electron chi connectivity index (χ1n) is 10.4. The molecule has 0 spiro atoms. The van der Waals surface area contributed by atoms with Crippen LogP contribution < -0.4 is 21.5 Å². The molecule has 0 aliphatic heterocycles. The number of urea groups is 1. The summed E-state index contributed by atoms with van der Waals surface area (Å²) in [6.07, 6.45) is 6.83. The molecule has 4 rings (SSSR count). The Morgan fingerprint density at radius 1 is 1.19 bits per heavy atom. The zero-order valence-electron chi connectivity index (χ0n) is 17.5. The number of pyridine rings is 1. The third-order valence-corrected chi connectivity index (χ3v) is 5.64. The minimum Gasteiger partial charge on any atom is -0.357 e. The molecule has 1 aromatic carbocycles. The Kier molecular flexibility index (Phi) is 5.83. The van der Waals surface area contributed by atoms with Crippen LogP contribution in [0.4, 0.5) is 20.8 Å². The quantitative estimate of drug-likeness (QED) is 0.594. The van der Waals surface area contributed by atoms with E-state index in [2.05, 4.69) is 25.9 Å². The predicted octanol–water partition coefficient (Wildman–Crippen LogP) is 3.63. The molecule has 1 fully saturated rings. The van der Waals surface area contributed by atoms with Gasteiger partial charge in [0.05, 0.1) is 5.69 Å². The molecule has 0 unspecified atom stereocenters. The van der Waals surface area contributed by atoms with Crippen LogP contribution in [-0.2, 0) is 7.05 Å². The second-order valence-corrected chi connectivity index (χ2v) is 7.77. The van der Waals surface area contributed by atoms with E-state index in [1.807, 2.05) is 0 Å². The molecule has 1 aliphatic carbocycles. The maximum Gasteiger partial charge on any atom is 0.319 e. The van der Waals surface area contributed by atoms with Gasteiger partial charge in [0.2, 0.25) is 5.95 Å². The summed E-state index contributed by atoms with van der Waals surface area (Å²) in [4.78, 5) is 33.8. The SMILES string of the molecule is CNc1ncc2cc(-c3ccc(F)c(NC(=O)NC4CCCCC4)c3)c(=O)n(C)c2n1. The van der Waals surface area contributed by atoms with Crippen molar-refractivity contribution in [3.8, 4) is 11.1 Å². The van der Waals surface area contributed by atoms with Crippen molar-refractivity contribution in [2.24, 2.45) is 7.05 Å². The van der Waals surface area contributed by atoms with Gasteiger partial charge in [-0.2, -0.15) is 4.98 Å². The van der Waals surface area contributed by atoms with Gasteiger partial charge < -0.3 is 16.0 Å². The first-order valence-corrected chi connectivity index (χ1v) is 10.4. The molecular formula is C22H25FN6O2. The highest BCUT2D eigenvalue weighted by atomic mass is 19.1. The maximum atomic E-state index is 14.4. The number of carbonyl (C=O) groups is 1. The van der Waals surface area contributed by atoms with Gasteiger partial charge in [0.1, 0.15) is 11.5 Å². The van der Waals surface area contributed by atoms with Gasteiger partial charge in [-0.05, 0) is 36.6 Å². The van der Waals surface area contributed by atoms with Crippen molar-refractivity contribution in [2.75, 3.05) is 17.7 Å². The number of nitrogens with zero attached hydrogens (tertiary/aromatic N) is 3. The van der Waals surface area contributed by atoms with Crippen molar-refractivity contribution < 1.29 is 9.18 Å². The molecule has 1 aliphatic rings. The molecule has 8 nitrogen and oxygen atoms in total. The Balaban J connectivity index is 1.64. The van der Waals surface area contributed by atoms with Crippen molar-refractivity contribution in [2.45, 2.75) is 38.1 Å². The molecule has 3 N–H and O–H groups in total. The minimum absolute atomic E-state index is 0.0229. The van der Waals surface area contributed by atoms with E-state index in [1.165, 1.54) is 29.2 Å². The van der Waals surface area contributed by atoms with E-state index in [0.29, 0.717) is 28.1 Å². The summed E-state index contributed by atoms with van der Waals surface area (Å²) in [5.74, 6) is -0.158. The molecule has 2 aromatic heterocycles. The summed E-state index contributed by atoms with van der Waals surface area (Å²) < 4.78 is 15.8. The Hall–Kier alpha value is -3.49. The molecule has 0 atom stereocenters. The first kappa shape index (κ1) is 20.8. The summed E-state index contributed by atoms with van der Waals surface area (Å²) in [5, 5.41) is 9.01. The Labute approximate surface area is 178 Å². The summed E-state index contributed by atoms with van der Waals surface area (Å²) >= 11 is 0. The number of hydrogen-bond acceptors (Lipinski definition) is 5. The highest BCUT2D eigenvalue weighted by molar-refractivity contribution is 5.91. The second kappa shape index (κ2) is 8.71. The molecule has 2 heterocycles. The Morgan fingerprint density at radius 3 is 2.71 bits per heavy atom. The predicted molar refractivity (Wildman–Crippen MR) is 119 cm³/mol.